The van der Waals surface area contributed by atoms with Crippen molar-refractivity contribution in [1.29, 1.82) is 0 Å². The number of carbonyl (C=O) groups is 2. The van der Waals surface area contributed by atoms with Gasteiger partial charge in [-0.1, -0.05) is 0 Å². The van der Waals surface area contributed by atoms with Crippen LogP contribution >= 0.6 is 15.9 Å². The second-order valence-electron chi connectivity index (χ2n) is 4.69. The minimum atomic E-state index is -0.317. The summed E-state index contributed by atoms with van der Waals surface area (Å²) in [6.45, 7) is 1.33. The summed E-state index contributed by atoms with van der Waals surface area (Å²) >= 11 is 3.35. The average molecular weight is 313 g/mol. The molecule has 1 unspecified atom stereocenters. The van der Waals surface area contributed by atoms with Gasteiger partial charge in [-0.3, -0.25) is 14.3 Å². The smallest absolute Gasteiger partial charge is 0.245 e. The van der Waals surface area contributed by atoms with Crippen molar-refractivity contribution in [3.05, 3.63) is 16.9 Å². The number of halogens is 1. The Kier molecular flexibility index (Phi) is 2.85. The Morgan fingerprint density at radius 2 is 2.28 bits per heavy atom. The zero-order valence-electron chi connectivity index (χ0n) is 9.67. The monoisotopic (exact) mass is 312 g/mol. The highest BCUT2D eigenvalue weighted by Crippen LogP contribution is 2.24. The van der Waals surface area contributed by atoms with Crippen molar-refractivity contribution in [3.8, 4) is 0 Å². The van der Waals surface area contributed by atoms with E-state index in [0.717, 1.165) is 4.47 Å². The summed E-state index contributed by atoms with van der Waals surface area (Å²) in [7, 11) is 0. The molecule has 2 aliphatic rings. The molecule has 6 nitrogen and oxygen atoms in total. The molecular weight excluding hydrogens is 300 g/mol. The van der Waals surface area contributed by atoms with Gasteiger partial charge >= 0.3 is 0 Å². The Morgan fingerprint density at radius 1 is 1.50 bits per heavy atom. The van der Waals surface area contributed by atoms with Gasteiger partial charge in [0.25, 0.3) is 0 Å². The van der Waals surface area contributed by atoms with E-state index in [0.29, 0.717) is 25.9 Å². The molecule has 1 N–H and O–H groups in total. The van der Waals surface area contributed by atoms with Crippen LogP contribution in [0.3, 0.4) is 0 Å². The first-order chi connectivity index (χ1) is 8.63. The lowest BCUT2D eigenvalue weighted by molar-refractivity contribution is -0.140. The molecule has 2 saturated heterocycles. The van der Waals surface area contributed by atoms with Gasteiger partial charge in [0.1, 0.15) is 6.04 Å². The van der Waals surface area contributed by atoms with Crippen LogP contribution in [0.1, 0.15) is 18.9 Å². The van der Waals surface area contributed by atoms with E-state index in [1.807, 2.05) is 10.9 Å². The van der Waals surface area contributed by atoms with Crippen molar-refractivity contribution >= 4 is 27.7 Å². The van der Waals surface area contributed by atoms with Crippen molar-refractivity contribution in [2.24, 2.45) is 0 Å². The first-order valence-electron chi connectivity index (χ1n) is 5.91. The zero-order chi connectivity index (χ0) is 12.7. The van der Waals surface area contributed by atoms with Crippen LogP contribution in [-0.2, 0) is 9.59 Å². The Labute approximate surface area is 112 Å². The number of hydrogen-bond acceptors (Lipinski definition) is 3. The molecule has 0 aliphatic carbocycles. The Bertz CT molecular complexity index is 495. The van der Waals surface area contributed by atoms with E-state index in [1.54, 1.807) is 11.1 Å². The van der Waals surface area contributed by atoms with Crippen LogP contribution in [0.2, 0.25) is 0 Å². The first kappa shape index (κ1) is 11.7. The zero-order valence-corrected chi connectivity index (χ0v) is 11.3. The Morgan fingerprint density at radius 3 is 2.83 bits per heavy atom. The number of nitrogens with one attached hydrogen (secondary N) is 1. The molecule has 0 spiro atoms. The molecular formula is C11H13BrN4O2. The van der Waals surface area contributed by atoms with Crippen molar-refractivity contribution in [3.63, 3.8) is 0 Å². The minimum Gasteiger partial charge on any atom is -0.344 e. The fraction of sp³-hybridized carbons (Fsp3) is 0.545. The Balaban J connectivity index is 1.56. The van der Waals surface area contributed by atoms with Crippen molar-refractivity contribution in [2.45, 2.75) is 24.9 Å². The summed E-state index contributed by atoms with van der Waals surface area (Å²) in [5, 5.41) is 6.90. The van der Waals surface area contributed by atoms with Crippen LogP contribution < -0.4 is 5.32 Å². The van der Waals surface area contributed by atoms with Crippen LogP contribution in [0.5, 0.6) is 0 Å². The van der Waals surface area contributed by atoms with Gasteiger partial charge in [-0.25, -0.2) is 0 Å². The average Bonchev–Trinajstić information content (AvgIpc) is 2.85. The molecule has 3 heterocycles. The molecule has 7 heteroatoms. The van der Waals surface area contributed by atoms with Crippen LogP contribution in [0.4, 0.5) is 0 Å². The van der Waals surface area contributed by atoms with Gasteiger partial charge in [0.2, 0.25) is 11.8 Å². The van der Waals surface area contributed by atoms with E-state index in [4.69, 9.17) is 0 Å². The van der Waals surface area contributed by atoms with Gasteiger partial charge in [0.05, 0.1) is 16.7 Å². The normalized spacial score (nSPS) is 23.9. The largest absolute Gasteiger partial charge is 0.344 e. The number of rotatable bonds is 2. The highest BCUT2D eigenvalue weighted by molar-refractivity contribution is 9.10. The van der Waals surface area contributed by atoms with Gasteiger partial charge in [-0.15, -0.1) is 0 Å². The summed E-state index contributed by atoms with van der Waals surface area (Å²) in [4.78, 5) is 24.9. The highest BCUT2D eigenvalue weighted by Gasteiger charge is 2.38. The van der Waals surface area contributed by atoms with Gasteiger partial charge in [0.15, 0.2) is 0 Å². The van der Waals surface area contributed by atoms with Crippen LogP contribution in [0, 0.1) is 0 Å². The molecule has 0 saturated carbocycles. The summed E-state index contributed by atoms with van der Waals surface area (Å²) < 4.78 is 2.80. The number of amides is 2. The highest BCUT2D eigenvalue weighted by atomic mass is 79.9. The standard InChI is InChI=1S/C11H13BrN4O2/c12-7-3-13-16(4-7)8-5-15(6-8)11(18)9-1-2-10(17)14-9/h3-4,8-9H,1-2,5-6H2,(H,14,17). The topological polar surface area (TPSA) is 67.2 Å². The van der Waals surface area contributed by atoms with E-state index in [9.17, 15) is 9.59 Å². The molecule has 1 atom stereocenters. The van der Waals surface area contributed by atoms with Crippen LogP contribution in [0.25, 0.3) is 0 Å². The number of aromatic nitrogens is 2. The van der Waals surface area contributed by atoms with E-state index >= 15 is 0 Å². The third kappa shape index (κ3) is 2.03. The number of hydrogen-bond donors (Lipinski definition) is 1. The lowest BCUT2D eigenvalue weighted by Crippen LogP contribution is -2.55. The molecule has 2 amide bonds. The molecule has 2 fully saturated rings. The van der Waals surface area contributed by atoms with E-state index < -0.39 is 0 Å². The van der Waals surface area contributed by atoms with Gasteiger partial charge < -0.3 is 10.2 Å². The summed E-state index contributed by atoms with van der Waals surface area (Å²) in [6.07, 6.45) is 4.72. The second-order valence-corrected chi connectivity index (χ2v) is 5.61. The first-order valence-corrected chi connectivity index (χ1v) is 6.70. The van der Waals surface area contributed by atoms with Crippen LogP contribution in [-0.4, -0.2) is 45.6 Å². The molecule has 1 aromatic rings. The molecule has 1 aromatic heterocycles. The van der Waals surface area contributed by atoms with E-state index in [2.05, 4.69) is 26.3 Å². The lowest BCUT2D eigenvalue weighted by Gasteiger charge is -2.40. The molecule has 0 radical (unpaired) electrons. The predicted molar refractivity (Wildman–Crippen MR) is 66.7 cm³/mol. The maximum absolute atomic E-state index is 12.0. The number of likely N-dealkylation sites (tertiary alicyclic amines) is 1. The number of carbonyl (C=O) groups excluding carboxylic acids is 2. The van der Waals surface area contributed by atoms with Gasteiger partial charge in [-0.2, -0.15) is 5.10 Å². The third-order valence-corrected chi connectivity index (χ3v) is 3.82. The maximum atomic E-state index is 12.0. The molecule has 18 heavy (non-hydrogen) atoms. The quantitative estimate of drug-likeness (QED) is 0.854. The summed E-state index contributed by atoms with van der Waals surface area (Å²) in [6, 6.07) is -0.0693. The minimum absolute atomic E-state index is 0.0265. The van der Waals surface area contributed by atoms with Gasteiger partial charge in [0, 0.05) is 25.7 Å². The Hall–Kier alpha value is -1.37. The third-order valence-electron chi connectivity index (χ3n) is 3.41. The van der Waals surface area contributed by atoms with Gasteiger partial charge in [-0.05, 0) is 22.4 Å². The molecule has 96 valence electrons. The summed E-state index contributed by atoms with van der Waals surface area (Å²) in [5.41, 5.74) is 0. The van der Waals surface area contributed by atoms with Crippen LogP contribution in [0.15, 0.2) is 16.9 Å². The predicted octanol–water partition coefficient (Wildman–Crippen LogP) is 0.307. The molecule has 0 aromatic carbocycles. The fourth-order valence-corrected chi connectivity index (χ4v) is 2.64. The molecule has 0 bridgehead atoms. The van der Waals surface area contributed by atoms with Crippen molar-refractivity contribution in [1.82, 2.24) is 20.0 Å². The second kappa shape index (κ2) is 4.38. The lowest BCUT2D eigenvalue weighted by atomic mass is 10.1. The summed E-state index contributed by atoms with van der Waals surface area (Å²) in [5.74, 6) is 0.00440. The molecule has 2 aliphatic heterocycles. The van der Waals surface area contributed by atoms with E-state index in [1.165, 1.54) is 0 Å². The SMILES string of the molecule is O=C1CCC(C(=O)N2CC(n3cc(Br)cn3)C2)N1. The van der Waals surface area contributed by atoms with E-state index in [-0.39, 0.29) is 23.9 Å². The molecule has 3 rings (SSSR count). The van der Waals surface area contributed by atoms with Crippen molar-refractivity contribution < 1.29 is 9.59 Å². The number of nitrogens with zero attached hydrogens (tertiary/aromatic N) is 3. The fourth-order valence-electron chi connectivity index (χ4n) is 2.34. The maximum Gasteiger partial charge on any atom is 0.245 e. The van der Waals surface area contributed by atoms with Crippen molar-refractivity contribution in [2.75, 3.05) is 13.1 Å².